The first kappa shape index (κ1) is 15.6. The highest BCUT2D eigenvalue weighted by Gasteiger charge is 2.15. The number of nitrogens with two attached hydrogens (primary N) is 1. The van der Waals surface area contributed by atoms with Gasteiger partial charge in [0.15, 0.2) is 0 Å². The molecular formula is C18H20N4S. The van der Waals surface area contributed by atoms with E-state index in [0.717, 1.165) is 35.8 Å². The Morgan fingerprint density at radius 1 is 0.913 bits per heavy atom. The van der Waals surface area contributed by atoms with Gasteiger partial charge in [0.2, 0.25) is 5.96 Å². The van der Waals surface area contributed by atoms with Gasteiger partial charge in [-0.1, -0.05) is 48.5 Å². The Morgan fingerprint density at radius 2 is 1.52 bits per heavy atom. The first-order valence-electron chi connectivity index (χ1n) is 7.69. The Balaban J connectivity index is 1.93. The number of amidine groups is 1. The van der Waals surface area contributed by atoms with Gasteiger partial charge in [-0.3, -0.25) is 0 Å². The molecule has 2 aromatic carbocycles. The molecule has 0 aliphatic carbocycles. The van der Waals surface area contributed by atoms with E-state index in [9.17, 15) is 0 Å². The van der Waals surface area contributed by atoms with Crippen molar-refractivity contribution in [2.75, 3.05) is 24.6 Å². The van der Waals surface area contributed by atoms with Crippen molar-refractivity contribution >= 4 is 29.2 Å². The molecule has 0 amide bonds. The molecule has 0 spiro atoms. The lowest BCUT2D eigenvalue weighted by Gasteiger charge is -2.27. The van der Waals surface area contributed by atoms with E-state index in [-0.39, 0.29) is 0 Å². The van der Waals surface area contributed by atoms with E-state index in [1.165, 1.54) is 0 Å². The number of benzene rings is 2. The molecule has 0 bridgehead atoms. The summed E-state index contributed by atoms with van der Waals surface area (Å²) in [6.07, 6.45) is 0. The molecule has 0 aromatic heterocycles. The van der Waals surface area contributed by atoms with Crippen LogP contribution in [-0.2, 0) is 0 Å². The van der Waals surface area contributed by atoms with E-state index in [2.05, 4.69) is 9.89 Å². The van der Waals surface area contributed by atoms with E-state index in [1.807, 2.05) is 72.4 Å². The third-order valence-electron chi connectivity index (χ3n) is 3.57. The maximum atomic E-state index is 6.19. The zero-order valence-corrected chi connectivity index (χ0v) is 13.7. The third-order valence-corrected chi connectivity index (χ3v) is 4.51. The van der Waals surface area contributed by atoms with Gasteiger partial charge in [-0.15, -0.1) is 0 Å². The van der Waals surface area contributed by atoms with E-state index in [1.54, 1.807) is 0 Å². The summed E-state index contributed by atoms with van der Waals surface area (Å²) in [6, 6.07) is 19.7. The van der Waals surface area contributed by atoms with Crippen molar-refractivity contribution in [1.82, 2.24) is 4.90 Å². The van der Waals surface area contributed by atoms with Crippen LogP contribution in [0.15, 0.2) is 70.6 Å². The highest BCUT2D eigenvalue weighted by atomic mass is 32.2. The quantitative estimate of drug-likeness (QED) is 0.682. The lowest BCUT2D eigenvalue weighted by molar-refractivity contribution is 0.458. The average molecular weight is 324 g/mol. The smallest absolute Gasteiger partial charge is 0.227 e. The molecule has 1 aliphatic rings. The molecule has 1 heterocycles. The normalized spacial score (nSPS) is 16.4. The zero-order valence-electron chi connectivity index (χ0n) is 12.9. The number of guanidine groups is 1. The van der Waals surface area contributed by atoms with E-state index in [4.69, 9.17) is 10.7 Å². The van der Waals surface area contributed by atoms with Crippen LogP contribution in [0.3, 0.4) is 0 Å². The molecule has 5 heteroatoms. The third kappa shape index (κ3) is 4.36. The van der Waals surface area contributed by atoms with Gasteiger partial charge >= 0.3 is 0 Å². The van der Waals surface area contributed by atoms with Gasteiger partial charge in [0.05, 0.1) is 5.69 Å². The predicted octanol–water partition coefficient (Wildman–Crippen LogP) is 3.13. The Morgan fingerprint density at radius 3 is 2.17 bits per heavy atom. The van der Waals surface area contributed by atoms with Crippen LogP contribution in [0, 0.1) is 0 Å². The molecule has 0 saturated carbocycles. The summed E-state index contributed by atoms with van der Waals surface area (Å²) in [5.41, 5.74) is 8.00. The molecule has 4 nitrogen and oxygen atoms in total. The summed E-state index contributed by atoms with van der Waals surface area (Å²) < 4.78 is 0. The van der Waals surface area contributed by atoms with Crippen molar-refractivity contribution in [3.05, 3.63) is 66.2 Å². The minimum atomic E-state index is 0.499. The standard InChI is InChI=1S/C18H20N4S/c19-17(15-7-3-1-4-8-15)21-18(22-11-13-23-14-12-22)20-16-9-5-2-6-10-16/h1-10H,11-14H2,(H2,19,20,21). The lowest BCUT2D eigenvalue weighted by Crippen LogP contribution is -2.38. The summed E-state index contributed by atoms with van der Waals surface area (Å²) in [7, 11) is 0. The van der Waals surface area contributed by atoms with Gasteiger partial charge < -0.3 is 10.6 Å². The molecule has 0 unspecified atom stereocenters. The topological polar surface area (TPSA) is 54.0 Å². The van der Waals surface area contributed by atoms with Crippen LogP contribution in [-0.4, -0.2) is 41.3 Å². The second-order valence-corrected chi connectivity index (χ2v) is 6.43. The van der Waals surface area contributed by atoms with Crippen molar-refractivity contribution in [3.8, 4) is 0 Å². The predicted molar refractivity (Wildman–Crippen MR) is 99.6 cm³/mol. The maximum absolute atomic E-state index is 6.19. The van der Waals surface area contributed by atoms with Crippen molar-refractivity contribution in [3.63, 3.8) is 0 Å². The summed E-state index contributed by atoms with van der Waals surface area (Å²) in [6.45, 7) is 1.89. The van der Waals surface area contributed by atoms with E-state index >= 15 is 0 Å². The molecule has 1 fully saturated rings. The molecule has 2 aromatic rings. The van der Waals surface area contributed by atoms with Crippen LogP contribution in [0.5, 0.6) is 0 Å². The monoisotopic (exact) mass is 324 g/mol. The Hall–Kier alpha value is -2.27. The zero-order chi connectivity index (χ0) is 15.9. The fraction of sp³-hybridized carbons (Fsp3) is 0.222. The van der Waals surface area contributed by atoms with Crippen molar-refractivity contribution in [1.29, 1.82) is 0 Å². The van der Waals surface area contributed by atoms with Crippen LogP contribution >= 0.6 is 11.8 Å². The van der Waals surface area contributed by atoms with Gasteiger partial charge in [0.1, 0.15) is 5.84 Å². The van der Waals surface area contributed by atoms with Gasteiger partial charge in [0.25, 0.3) is 0 Å². The molecule has 3 rings (SSSR count). The Bertz CT molecular complexity index is 677. The van der Waals surface area contributed by atoms with Gasteiger partial charge in [-0.05, 0) is 12.1 Å². The van der Waals surface area contributed by atoms with E-state index < -0.39 is 0 Å². The fourth-order valence-electron chi connectivity index (χ4n) is 2.33. The lowest BCUT2D eigenvalue weighted by atomic mass is 10.2. The van der Waals surface area contributed by atoms with Crippen LogP contribution in [0.4, 0.5) is 5.69 Å². The number of nitrogens with zero attached hydrogens (tertiary/aromatic N) is 3. The van der Waals surface area contributed by atoms with E-state index in [0.29, 0.717) is 11.8 Å². The summed E-state index contributed by atoms with van der Waals surface area (Å²) >= 11 is 1.96. The average Bonchev–Trinajstić information content (AvgIpc) is 2.63. The van der Waals surface area contributed by atoms with Crippen LogP contribution in [0.25, 0.3) is 0 Å². The maximum Gasteiger partial charge on any atom is 0.227 e. The van der Waals surface area contributed by atoms with Crippen LogP contribution in [0.2, 0.25) is 0 Å². The first-order valence-corrected chi connectivity index (χ1v) is 8.84. The highest BCUT2D eigenvalue weighted by molar-refractivity contribution is 7.99. The van der Waals surface area contributed by atoms with Crippen LogP contribution < -0.4 is 5.73 Å². The molecule has 0 atom stereocenters. The second kappa shape index (κ2) is 7.83. The molecule has 1 saturated heterocycles. The number of aliphatic imine (C=N–C) groups is 2. The molecule has 23 heavy (non-hydrogen) atoms. The van der Waals surface area contributed by atoms with Crippen LogP contribution in [0.1, 0.15) is 5.56 Å². The number of hydrogen-bond donors (Lipinski definition) is 1. The summed E-state index contributed by atoms with van der Waals surface area (Å²) in [5.74, 6) is 3.37. The molecule has 1 aliphatic heterocycles. The van der Waals surface area contributed by atoms with Gasteiger partial charge in [-0.25, -0.2) is 4.99 Å². The van der Waals surface area contributed by atoms with Crippen molar-refractivity contribution < 1.29 is 0 Å². The molecular weight excluding hydrogens is 304 g/mol. The second-order valence-electron chi connectivity index (χ2n) is 5.21. The summed E-state index contributed by atoms with van der Waals surface area (Å²) in [5, 5.41) is 0. The minimum absolute atomic E-state index is 0.499. The Labute approximate surface area is 141 Å². The molecule has 118 valence electrons. The number of para-hydroxylation sites is 1. The first-order chi connectivity index (χ1) is 11.3. The Kier molecular flexibility index (Phi) is 5.32. The number of hydrogen-bond acceptors (Lipinski definition) is 2. The molecule has 2 N–H and O–H groups in total. The van der Waals surface area contributed by atoms with Crippen molar-refractivity contribution in [2.24, 2.45) is 15.7 Å². The molecule has 0 radical (unpaired) electrons. The number of thioether (sulfide) groups is 1. The van der Waals surface area contributed by atoms with Gasteiger partial charge in [-0.2, -0.15) is 16.8 Å². The summed E-state index contributed by atoms with van der Waals surface area (Å²) in [4.78, 5) is 11.5. The number of rotatable bonds is 2. The van der Waals surface area contributed by atoms with Gasteiger partial charge in [0, 0.05) is 30.2 Å². The SMILES string of the molecule is N/C(=N\C(=Nc1ccccc1)N1CCSCC1)c1ccccc1. The van der Waals surface area contributed by atoms with Crippen molar-refractivity contribution in [2.45, 2.75) is 0 Å². The highest BCUT2D eigenvalue weighted by Crippen LogP contribution is 2.16. The minimum Gasteiger partial charge on any atom is -0.383 e. The largest absolute Gasteiger partial charge is 0.383 e. The fourth-order valence-corrected chi connectivity index (χ4v) is 3.23.